The number of nitrogens with zero attached hydrogens (tertiary/aromatic N) is 3. The number of fused-ring (bicyclic) bond motifs is 1. The van der Waals surface area contributed by atoms with Gasteiger partial charge in [-0.3, -0.25) is 9.69 Å². The zero-order valence-electron chi connectivity index (χ0n) is 14.1. The molecule has 0 bridgehead atoms. The van der Waals surface area contributed by atoms with Crippen molar-refractivity contribution < 1.29 is 4.79 Å². The number of hydrogen-bond donors (Lipinski definition) is 1. The van der Waals surface area contributed by atoms with Crippen LogP contribution in [-0.2, 0) is 6.42 Å². The highest BCUT2D eigenvalue weighted by Gasteiger charge is 2.19. The summed E-state index contributed by atoms with van der Waals surface area (Å²) in [6.07, 6.45) is 2.01. The summed E-state index contributed by atoms with van der Waals surface area (Å²) >= 11 is 0. The van der Waals surface area contributed by atoms with Crippen molar-refractivity contribution in [2.75, 3.05) is 39.3 Å². The van der Waals surface area contributed by atoms with Crippen molar-refractivity contribution in [1.29, 1.82) is 0 Å². The first-order valence-corrected chi connectivity index (χ1v) is 8.66. The number of H-pyrrole nitrogens is 1. The van der Waals surface area contributed by atoms with Gasteiger partial charge in [-0.1, -0.05) is 13.8 Å². The number of carbonyl (C=O) groups is 1. The third-order valence-corrected chi connectivity index (χ3v) is 4.62. The van der Waals surface area contributed by atoms with Crippen LogP contribution < -0.4 is 0 Å². The summed E-state index contributed by atoms with van der Waals surface area (Å²) in [5.74, 6) is 1.20. The number of rotatable bonds is 6. The molecule has 0 saturated carbocycles. The van der Waals surface area contributed by atoms with Crippen LogP contribution in [0.2, 0.25) is 0 Å². The van der Waals surface area contributed by atoms with Gasteiger partial charge in [-0.05, 0) is 31.2 Å². The van der Waals surface area contributed by atoms with E-state index < -0.39 is 0 Å². The van der Waals surface area contributed by atoms with E-state index in [1.807, 2.05) is 18.2 Å². The van der Waals surface area contributed by atoms with Gasteiger partial charge < -0.3 is 9.88 Å². The highest BCUT2D eigenvalue weighted by atomic mass is 16.1. The van der Waals surface area contributed by atoms with Crippen LogP contribution in [0.15, 0.2) is 18.2 Å². The lowest BCUT2D eigenvalue weighted by molar-refractivity contribution is 0.0859. The fraction of sp³-hybridized carbons (Fsp3) is 0.556. The van der Waals surface area contributed by atoms with Crippen LogP contribution in [0.5, 0.6) is 0 Å². The van der Waals surface area contributed by atoms with Gasteiger partial charge >= 0.3 is 0 Å². The number of nitrogens with one attached hydrogen (secondary N) is 1. The van der Waals surface area contributed by atoms with Gasteiger partial charge in [0.2, 0.25) is 0 Å². The van der Waals surface area contributed by atoms with E-state index in [0.29, 0.717) is 6.54 Å². The van der Waals surface area contributed by atoms with E-state index in [1.165, 1.54) is 0 Å². The van der Waals surface area contributed by atoms with Crippen molar-refractivity contribution in [3.63, 3.8) is 0 Å². The predicted octanol–water partition coefficient (Wildman–Crippen LogP) is 2.34. The molecule has 5 nitrogen and oxygen atoms in total. The van der Waals surface area contributed by atoms with Crippen LogP contribution in [-0.4, -0.2) is 64.8 Å². The quantitative estimate of drug-likeness (QED) is 0.832. The van der Waals surface area contributed by atoms with Gasteiger partial charge in [0.15, 0.2) is 5.78 Å². The number of aromatic nitrogens is 2. The number of imidazole rings is 1. The molecule has 1 aromatic carbocycles. The average molecular weight is 314 g/mol. The Labute approximate surface area is 137 Å². The molecule has 5 heteroatoms. The number of carbonyl (C=O) groups excluding carboxylic acids is 1. The van der Waals surface area contributed by atoms with Gasteiger partial charge in [-0.15, -0.1) is 0 Å². The SMILES string of the molecule is CCCc1nc2ccc(C(=O)CN3CCN(CC)CC3)cc2[nH]1. The molecular weight excluding hydrogens is 288 g/mol. The molecule has 0 spiro atoms. The Bertz CT molecular complexity index is 671. The number of benzene rings is 1. The number of piperazine rings is 1. The highest BCUT2D eigenvalue weighted by molar-refractivity contribution is 6.00. The molecule has 124 valence electrons. The highest BCUT2D eigenvalue weighted by Crippen LogP contribution is 2.16. The molecule has 1 aliphatic rings. The number of likely N-dealkylation sites (N-methyl/N-ethyl adjacent to an activating group) is 1. The summed E-state index contributed by atoms with van der Waals surface area (Å²) < 4.78 is 0. The van der Waals surface area contributed by atoms with Crippen molar-refractivity contribution >= 4 is 16.8 Å². The average Bonchev–Trinajstić information content (AvgIpc) is 2.97. The van der Waals surface area contributed by atoms with Crippen LogP contribution >= 0.6 is 0 Å². The molecule has 23 heavy (non-hydrogen) atoms. The second-order valence-electron chi connectivity index (χ2n) is 6.30. The lowest BCUT2D eigenvalue weighted by Crippen LogP contribution is -2.47. The summed E-state index contributed by atoms with van der Waals surface area (Å²) in [5, 5.41) is 0. The Hall–Kier alpha value is -1.72. The Balaban J connectivity index is 1.66. The lowest BCUT2D eigenvalue weighted by Gasteiger charge is -2.33. The second kappa shape index (κ2) is 7.23. The van der Waals surface area contributed by atoms with Crippen molar-refractivity contribution in [3.05, 3.63) is 29.6 Å². The minimum atomic E-state index is 0.198. The zero-order valence-corrected chi connectivity index (χ0v) is 14.1. The number of aromatic amines is 1. The molecule has 2 heterocycles. The zero-order chi connectivity index (χ0) is 16.2. The number of hydrogen-bond acceptors (Lipinski definition) is 4. The first kappa shape index (κ1) is 16.1. The van der Waals surface area contributed by atoms with Gasteiger partial charge in [-0.2, -0.15) is 0 Å². The van der Waals surface area contributed by atoms with E-state index in [4.69, 9.17) is 0 Å². The maximum Gasteiger partial charge on any atom is 0.176 e. The van der Waals surface area contributed by atoms with Crippen LogP contribution in [0.4, 0.5) is 0 Å². The van der Waals surface area contributed by atoms with E-state index >= 15 is 0 Å². The molecule has 1 saturated heterocycles. The summed E-state index contributed by atoms with van der Waals surface area (Å²) in [6.45, 7) is 10.0. The fourth-order valence-electron chi connectivity index (χ4n) is 3.15. The number of aryl methyl sites for hydroxylation is 1. The smallest absolute Gasteiger partial charge is 0.176 e. The van der Waals surface area contributed by atoms with Crippen LogP contribution in [0.3, 0.4) is 0 Å². The maximum atomic E-state index is 12.6. The van der Waals surface area contributed by atoms with Gasteiger partial charge in [0.25, 0.3) is 0 Å². The van der Waals surface area contributed by atoms with E-state index in [0.717, 1.165) is 68.0 Å². The molecule has 0 unspecified atom stereocenters. The Morgan fingerprint density at radius 3 is 2.61 bits per heavy atom. The standard InChI is InChI=1S/C18H26N4O/c1-3-5-18-19-15-7-6-14(12-16(15)20-18)17(23)13-22-10-8-21(4-2)9-11-22/h6-7,12H,3-5,8-11,13H2,1-2H3,(H,19,20). The largest absolute Gasteiger partial charge is 0.342 e. The van der Waals surface area contributed by atoms with Crippen LogP contribution in [0.1, 0.15) is 36.5 Å². The van der Waals surface area contributed by atoms with Crippen LogP contribution in [0.25, 0.3) is 11.0 Å². The Kier molecular flexibility index (Phi) is 5.08. The molecule has 1 aliphatic heterocycles. The maximum absolute atomic E-state index is 12.6. The second-order valence-corrected chi connectivity index (χ2v) is 6.30. The third-order valence-electron chi connectivity index (χ3n) is 4.62. The summed E-state index contributed by atoms with van der Waals surface area (Å²) in [4.78, 5) is 25.1. The van der Waals surface area contributed by atoms with Gasteiger partial charge in [0.1, 0.15) is 5.82 Å². The number of Topliss-reactive ketones (excluding diaryl/α,β-unsaturated/α-hetero) is 1. The predicted molar refractivity (Wildman–Crippen MR) is 93.0 cm³/mol. The number of ketones is 1. The van der Waals surface area contributed by atoms with E-state index in [2.05, 4.69) is 33.6 Å². The molecular formula is C18H26N4O. The van der Waals surface area contributed by atoms with E-state index in [9.17, 15) is 4.79 Å². The van der Waals surface area contributed by atoms with Gasteiger partial charge in [0.05, 0.1) is 17.6 Å². The molecule has 1 aromatic heterocycles. The van der Waals surface area contributed by atoms with Crippen molar-refractivity contribution in [2.45, 2.75) is 26.7 Å². The molecule has 0 aliphatic carbocycles. The van der Waals surface area contributed by atoms with E-state index in [1.54, 1.807) is 0 Å². The van der Waals surface area contributed by atoms with Crippen molar-refractivity contribution in [1.82, 2.24) is 19.8 Å². The third kappa shape index (κ3) is 3.79. The van der Waals surface area contributed by atoms with Crippen LogP contribution in [0, 0.1) is 0 Å². The molecule has 0 amide bonds. The molecule has 1 N–H and O–H groups in total. The molecule has 2 aromatic rings. The van der Waals surface area contributed by atoms with E-state index in [-0.39, 0.29) is 5.78 Å². The first-order valence-electron chi connectivity index (χ1n) is 8.66. The minimum Gasteiger partial charge on any atom is -0.342 e. The monoisotopic (exact) mass is 314 g/mol. The van der Waals surface area contributed by atoms with Gasteiger partial charge in [-0.25, -0.2) is 4.98 Å². The summed E-state index contributed by atoms with van der Waals surface area (Å²) in [7, 11) is 0. The van der Waals surface area contributed by atoms with Gasteiger partial charge in [0, 0.05) is 38.2 Å². The molecule has 0 radical (unpaired) electrons. The summed E-state index contributed by atoms with van der Waals surface area (Å²) in [6, 6.07) is 5.81. The minimum absolute atomic E-state index is 0.198. The molecule has 1 fully saturated rings. The van der Waals surface area contributed by atoms with Crippen molar-refractivity contribution in [3.8, 4) is 0 Å². The Morgan fingerprint density at radius 1 is 1.17 bits per heavy atom. The lowest BCUT2D eigenvalue weighted by atomic mass is 10.1. The molecule has 0 atom stereocenters. The topological polar surface area (TPSA) is 52.2 Å². The molecule has 3 rings (SSSR count). The normalized spacial score (nSPS) is 17.0. The van der Waals surface area contributed by atoms with Crippen molar-refractivity contribution in [2.24, 2.45) is 0 Å². The first-order chi connectivity index (χ1) is 11.2. The fourth-order valence-corrected chi connectivity index (χ4v) is 3.15. The Morgan fingerprint density at radius 2 is 1.91 bits per heavy atom. The summed E-state index contributed by atoms with van der Waals surface area (Å²) in [5.41, 5.74) is 2.69.